The van der Waals surface area contributed by atoms with Crippen LogP contribution in [0.3, 0.4) is 0 Å². The number of hydrogen-bond acceptors (Lipinski definition) is 3. The molecule has 0 amide bonds. The average molecular weight is 273 g/mol. The van der Waals surface area contributed by atoms with Crippen molar-refractivity contribution in [2.24, 2.45) is 5.92 Å². The summed E-state index contributed by atoms with van der Waals surface area (Å²) in [6.07, 6.45) is 4.21. The van der Waals surface area contributed by atoms with Gasteiger partial charge in [0.1, 0.15) is 5.82 Å². The maximum atomic E-state index is 13.4. The Balaban J connectivity index is 2.15. The Kier molecular flexibility index (Phi) is 4.30. The van der Waals surface area contributed by atoms with Gasteiger partial charge in [0, 0.05) is 24.6 Å². The summed E-state index contributed by atoms with van der Waals surface area (Å²) < 4.78 is 13.4. The molecule has 0 heterocycles. The van der Waals surface area contributed by atoms with Gasteiger partial charge < -0.3 is 16.2 Å². The highest BCUT2D eigenvalue weighted by Crippen LogP contribution is 2.31. The molecule has 0 bridgehead atoms. The molecular weight excluding hydrogens is 255 g/mol. The van der Waals surface area contributed by atoms with Gasteiger partial charge >= 0.3 is 0 Å². The van der Waals surface area contributed by atoms with E-state index >= 15 is 0 Å². The number of hydrogen-bond donors (Lipinski definition) is 3. The topological polar surface area (TPSA) is 58.3 Å². The Morgan fingerprint density at radius 2 is 2.11 bits per heavy atom. The van der Waals surface area contributed by atoms with Gasteiger partial charge in [0.25, 0.3) is 0 Å². The number of benzene rings is 1. The van der Waals surface area contributed by atoms with Crippen molar-refractivity contribution >= 4 is 23.0 Å². The van der Waals surface area contributed by atoms with Gasteiger partial charge in [0.15, 0.2) is 0 Å². The predicted molar refractivity (Wildman–Crippen MR) is 72.3 cm³/mol. The fraction of sp³-hybridized carbons (Fsp3) is 0.538. The summed E-state index contributed by atoms with van der Waals surface area (Å²) in [7, 11) is 0. The number of aliphatic hydroxyl groups excluding tert-OH is 1. The minimum atomic E-state index is -0.482. The van der Waals surface area contributed by atoms with Gasteiger partial charge in [-0.05, 0) is 18.9 Å². The molecule has 2 atom stereocenters. The first-order valence-corrected chi connectivity index (χ1v) is 6.61. The zero-order valence-electron chi connectivity index (χ0n) is 10.1. The number of rotatable bonds is 3. The lowest BCUT2D eigenvalue weighted by Gasteiger charge is -2.32. The van der Waals surface area contributed by atoms with E-state index in [9.17, 15) is 9.50 Å². The second kappa shape index (κ2) is 5.76. The molecule has 0 saturated heterocycles. The SMILES string of the molecule is Nc1cc(Cl)c(F)cc1NC1CCCCC1CO. The van der Waals surface area contributed by atoms with Crippen LogP contribution in [0.4, 0.5) is 15.8 Å². The Labute approximate surface area is 111 Å². The highest BCUT2D eigenvalue weighted by molar-refractivity contribution is 6.31. The van der Waals surface area contributed by atoms with Gasteiger partial charge in [-0.2, -0.15) is 0 Å². The molecule has 1 aliphatic carbocycles. The number of nitrogens with two attached hydrogens (primary N) is 1. The average Bonchev–Trinajstić information content (AvgIpc) is 2.36. The first-order chi connectivity index (χ1) is 8.61. The van der Waals surface area contributed by atoms with Gasteiger partial charge in [-0.25, -0.2) is 4.39 Å². The predicted octanol–water partition coefficient (Wildman–Crippen LogP) is 3.02. The van der Waals surface area contributed by atoms with Crippen LogP contribution in [0.2, 0.25) is 5.02 Å². The number of anilines is 2. The van der Waals surface area contributed by atoms with E-state index in [4.69, 9.17) is 17.3 Å². The van der Waals surface area contributed by atoms with Crippen LogP contribution in [-0.2, 0) is 0 Å². The Morgan fingerprint density at radius 1 is 1.39 bits per heavy atom. The molecule has 1 aromatic rings. The summed E-state index contributed by atoms with van der Waals surface area (Å²) >= 11 is 5.66. The van der Waals surface area contributed by atoms with Crippen molar-refractivity contribution in [2.75, 3.05) is 17.7 Å². The Morgan fingerprint density at radius 3 is 2.83 bits per heavy atom. The van der Waals surface area contributed by atoms with E-state index in [-0.39, 0.29) is 23.6 Å². The second-order valence-corrected chi connectivity index (χ2v) is 5.24. The molecule has 100 valence electrons. The van der Waals surface area contributed by atoms with Crippen molar-refractivity contribution in [1.82, 2.24) is 0 Å². The molecule has 0 aliphatic heterocycles. The fourth-order valence-electron chi connectivity index (χ4n) is 2.50. The normalized spacial score (nSPS) is 23.9. The first-order valence-electron chi connectivity index (χ1n) is 6.23. The molecule has 0 spiro atoms. The largest absolute Gasteiger partial charge is 0.397 e. The number of aliphatic hydroxyl groups is 1. The molecule has 1 saturated carbocycles. The van der Waals surface area contributed by atoms with Crippen molar-refractivity contribution < 1.29 is 9.50 Å². The van der Waals surface area contributed by atoms with Crippen LogP contribution in [0.15, 0.2) is 12.1 Å². The highest BCUT2D eigenvalue weighted by Gasteiger charge is 2.25. The van der Waals surface area contributed by atoms with Crippen LogP contribution in [0.5, 0.6) is 0 Å². The van der Waals surface area contributed by atoms with E-state index in [2.05, 4.69) is 5.32 Å². The van der Waals surface area contributed by atoms with E-state index in [1.54, 1.807) is 0 Å². The molecule has 5 heteroatoms. The summed E-state index contributed by atoms with van der Waals surface area (Å²) in [5.74, 6) is -0.276. The zero-order chi connectivity index (χ0) is 13.1. The minimum Gasteiger partial charge on any atom is -0.397 e. The third-order valence-electron chi connectivity index (χ3n) is 3.58. The maximum absolute atomic E-state index is 13.4. The molecular formula is C13H18ClFN2O. The number of nitrogen functional groups attached to an aromatic ring is 1. The van der Waals surface area contributed by atoms with Gasteiger partial charge in [-0.15, -0.1) is 0 Å². The van der Waals surface area contributed by atoms with E-state index in [1.807, 2.05) is 0 Å². The van der Waals surface area contributed by atoms with Crippen molar-refractivity contribution in [1.29, 1.82) is 0 Å². The lowest BCUT2D eigenvalue weighted by Crippen LogP contribution is -2.34. The summed E-state index contributed by atoms with van der Waals surface area (Å²) in [5, 5.41) is 12.6. The smallest absolute Gasteiger partial charge is 0.143 e. The molecule has 2 rings (SSSR count). The van der Waals surface area contributed by atoms with E-state index in [0.717, 1.165) is 25.7 Å². The third kappa shape index (κ3) is 2.87. The summed E-state index contributed by atoms with van der Waals surface area (Å²) in [5.41, 5.74) is 6.81. The summed E-state index contributed by atoms with van der Waals surface area (Å²) in [4.78, 5) is 0. The third-order valence-corrected chi connectivity index (χ3v) is 3.87. The van der Waals surface area contributed by atoms with Crippen LogP contribution in [0.1, 0.15) is 25.7 Å². The summed E-state index contributed by atoms with van der Waals surface area (Å²) in [6.45, 7) is 0.146. The molecule has 1 fully saturated rings. The van der Waals surface area contributed by atoms with E-state index in [1.165, 1.54) is 12.1 Å². The van der Waals surface area contributed by atoms with Crippen LogP contribution in [0.25, 0.3) is 0 Å². The number of nitrogens with one attached hydrogen (secondary N) is 1. The van der Waals surface area contributed by atoms with Gasteiger partial charge in [0.05, 0.1) is 16.4 Å². The molecule has 2 unspecified atom stereocenters. The van der Waals surface area contributed by atoms with Gasteiger partial charge in [0.2, 0.25) is 0 Å². The second-order valence-electron chi connectivity index (χ2n) is 4.83. The van der Waals surface area contributed by atoms with Gasteiger partial charge in [-0.1, -0.05) is 24.4 Å². The quantitative estimate of drug-likeness (QED) is 0.742. The lowest BCUT2D eigenvalue weighted by atomic mass is 9.85. The minimum absolute atomic E-state index is 0.0282. The van der Waals surface area contributed by atoms with E-state index in [0.29, 0.717) is 11.4 Å². The van der Waals surface area contributed by atoms with Crippen molar-refractivity contribution in [3.8, 4) is 0 Å². The molecule has 3 nitrogen and oxygen atoms in total. The van der Waals surface area contributed by atoms with Crippen LogP contribution in [0, 0.1) is 11.7 Å². The maximum Gasteiger partial charge on any atom is 0.143 e. The fourth-order valence-corrected chi connectivity index (χ4v) is 2.68. The lowest BCUT2D eigenvalue weighted by molar-refractivity contribution is 0.178. The van der Waals surface area contributed by atoms with Crippen molar-refractivity contribution in [2.45, 2.75) is 31.7 Å². The monoisotopic (exact) mass is 272 g/mol. The molecule has 18 heavy (non-hydrogen) atoms. The van der Waals surface area contributed by atoms with Crippen LogP contribution < -0.4 is 11.1 Å². The van der Waals surface area contributed by atoms with E-state index < -0.39 is 5.82 Å². The van der Waals surface area contributed by atoms with Crippen molar-refractivity contribution in [3.05, 3.63) is 23.0 Å². The Hall–Kier alpha value is -1.00. The first kappa shape index (κ1) is 13.4. The molecule has 0 aromatic heterocycles. The van der Waals surface area contributed by atoms with Gasteiger partial charge in [-0.3, -0.25) is 0 Å². The standard InChI is InChI=1S/C13H18ClFN2O/c14-9-5-11(16)13(6-10(9)15)17-12-4-2-1-3-8(12)7-18/h5-6,8,12,17-18H,1-4,7,16H2. The molecule has 1 aromatic carbocycles. The number of halogens is 2. The van der Waals surface area contributed by atoms with Crippen molar-refractivity contribution in [3.63, 3.8) is 0 Å². The Bertz CT molecular complexity index is 428. The highest BCUT2D eigenvalue weighted by atomic mass is 35.5. The van der Waals surface area contributed by atoms with Crippen LogP contribution >= 0.6 is 11.6 Å². The molecule has 0 radical (unpaired) electrons. The molecule has 1 aliphatic rings. The summed E-state index contributed by atoms with van der Waals surface area (Å²) in [6, 6.07) is 2.88. The zero-order valence-corrected chi connectivity index (χ0v) is 10.9. The molecule has 4 N–H and O–H groups in total. The van der Waals surface area contributed by atoms with Crippen LogP contribution in [-0.4, -0.2) is 17.8 Å².